The summed E-state index contributed by atoms with van der Waals surface area (Å²) >= 11 is 2.87. The summed E-state index contributed by atoms with van der Waals surface area (Å²) in [5, 5.41) is 11.1. The van der Waals surface area contributed by atoms with E-state index >= 15 is 0 Å². The molecule has 0 spiro atoms. The van der Waals surface area contributed by atoms with E-state index in [2.05, 4.69) is 15.2 Å². The zero-order valence-electron chi connectivity index (χ0n) is 16.4. The van der Waals surface area contributed by atoms with Crippen molar-refractivity contribution in [2.75, 3.05) is 5.75 Å². The van der Waals surface area contributed by atoms with Crippen molar-refractivity contribution >= 4 is 34.7 Å². The van der Waals surface area contributed by atoms with Crippen molar-refractivity contribution in [2.45, 2.75) is 32.2 Å². The van der Waals surface area contributed by atoms with E-state index in [4.69, 9.17) is 4.74 Å². The molecule has 4 aromatic rings. The quantitative estimate of drug-likeness (QED) is 0.321. The summed E-state index contributed by atoms with van der Waals surface area (Å²) in [7, 11) is 0. The predicted octanol–water partition coefficient (Wildman–Crippen LogP) is 3.18. The Bertz CT molecular complexity index is 1250. The van der Waals surface area contributed by atoms with Crippen molar-refractivity contribution in [3.63, 3.8) is 0 Å². The van der Waals surface area contributed by atoms with Crippen LogP contribution >= 0.6 is 23.1 Å². The van der Waals surface area contributed by atoms with Gasteiger partial charge < -0.3 is 9.30 Å². The van der Waals surface area contributed by atoms with E-state index in [0.717, 1.165) is 16.4 Å². The van der Waals surface area contributed by atoms with Crippen molar-refractivity contribution in [2.24, 2.45) is 0 Å². The number of thioether (sulfide) groups is 1. The van der Waals surface area contributed by atoms with Crippen LogP contribution in [0.15, 0.2) is 51.7 Å². The number of rotatable bonds is 7. The zero-order chi connectivity index (χ0) is 21.1. The van der Waals surface area contributed by atoms with Gasteiger partial charge in [0.25, 0.3) is 5.56 Å². The summed E-state index contributed by atoms with van der Waals surface area (Å²) in [6, 6.07) is 10.8. The van der Waals surface area contributed by atoms with Crippen LogP contribution in [0.5, 0.6) is 0 Å². The molecule has 0 saturated heterocycles. The highest BCUT2D eigenvalue weighted by Crippen LogP contribution is 2.27. The first-order chi connectivity index (χ1) is 14.6. The van der Waals surface area contributed by atoms with Gasteiger partial charge in [-0.15, -0.1) is 21.5 Å². The topological polar surface area (TPSA) is 91.4 Å². The van der Waals surface area contributed by atoms with Gasteiger partial charge >= 0.3 is 5.97 Å². The second-order valence-electron chi connectivity index (χ2n) is 6.42. The molecule has 0 unspecified atom stereocenters. The minimum atomic E-state index is -0.408. The van der Waals surface area contributed by atoms with Crippen molar-refractivity contribution in [3.05, 3.63) is 63.5 Å². The van der Waals surface area contributed by atoms with Gasteiger partial charge in [0.05, 0.1) is 16.3 Å². The Kier molecular flexibility index (Phi) is 5.96. The SMILES string of the molecule is CCn1c(SCC(=O)OCc2cc(=O)n3c(C)cccc3n2)nnc1-c1cccs1. The van der Waals surface area contributed by atoms with Gasteiger partial charge in [-0.2, -0.15) is 0 Å². The molecule has 0 saturated carbocycles. The Morgan fingerprint density at radius 1 is 1.23 bits per heavy atom. The van der Waals surface area contributed by atoms with Gasteiger partial charge in [-0.1, -0.05) is 23.9 Å². The van der Waals surface area contributed by atoms with Crippen molar-refractivity contribution < 1.29 is 9.53 Å². The molecule has 0 bridgehead atoms. The number of thiophene rings is 1. The van der Waals surface area contributed by atoms with Crippen LogP contribution in [-0.4, -0.2) is 35.9 Å². The van der Waals surface area contributed by atoms with Gasteiger partial charge in [-0.25, -0.2) is 4.98 Å². The first-order valence-corrected chi connectivity index (χ1v) is 11.2. The third-order valence-corrected chi connectivity index (χ3v) is 6.21. The lowest BCUT2D eigenvalue weighted by Gasteiger charge is -2.08. The third-order valence-electron chi connectivity index (χ3n) is 4.41. The fourth-order valence-electron chi connectivity index (χ4n) is 3.03. The third kappa shape index (κ3) is 4.14. The van der Waals surface area contributed by atoms with Crippen LogP contribution in [0.1, 0.15) is 18.3 Å². The van der Waals surface area contributed by atoms with Crippen LogP contribution in [0.3, 0.4) is 0 Å². The van der Waals surface area contributed by atoms with E-state index in [9.17, 15) is 9.59 Å². The van der Waals surface area contributed by atoms with Crippen LogP contribution in [0.4, 0.5) is 0 Å². The van der Waals surface area contributed by atoms with Gasteiger partial charge in [0.15, 0.2) is 11.0 Å². The molecule has 0 aromatic carbocycles. The predicted molar refractivity (Wildman–Crippen MR) is 116 cm³/mol. The molecule has 8 nitrogen and oxygen atoms in total. The fourth-order valence-corrected chi connectivity index (χ4v) is 4.54. The Labute approximate surface area is 180 Å². The van der Waals surface area contributed by atoms with Crippen LogP contribution < -0.4 is 5.56 Å². The van der Waals surface area contributed by atoms with Crippen molar-refractivity contribution in [1.82, 2.24) is 24.1 Å². The number of esters is 1. The fraction of sp³-hybridized carbons (Fsp3) is 0.250. The first-order valence-electron chi connectivity index (χ1n) is 9.30. The van der Waals surface area contributed by atoms with Gasteiger partial charge in [0.2, 0.25) is 0 Å². The number of carbonyl (C=O) groups is 1. The summed E-state index contributed by atoms with van der Waals surface area (Å²) in [5.74, 6) is 0.475. The zero-order valence-corrected chi connectivity index (χ0v) is 18.1. The molecule has 0 fully saturated rings. The normalized spacial score (nSPS) is 11.1. The van der Waals surface area contributed by atoms with E-state index < -0.39 is 5.97 Å². The summed E-state index contributed by atoms with van der Waals surface area (Å²) < 4.78 is 8.80. The molecule has 4 aromatic heterocycles. The second kappa shape index (κ2) is 8.80. The number of pyridine rings is 1. The maximum atomic E-state index is 12.3. The Balaban J connectivity index is 1.39. The number of ether oxygens (including phenoxy) is 1. The van der Waals surface area contributed by atoms with Gasteiger partial charge in [0.1, 0.15) is 12.3 Å². The van der Waals surface area contributed by atoms with Gasteiger partial charge in [-0.05, 0) is 37.4 Å². The molecule has 0 radical (unpaired) electrons. The molecular weight excluding hydrogens is 422 g/mol. The van der Waals surface area contributed by atoms with Crippen molar-refractivity contribution in [3.8, 4) is 10.7 Å². The highest BCUT2D eigenvalue weighted by molar-refractivity contribution is 7.99. The molecule has 0 aliphatic carbocycles. The van der Waals surface area contributed by atoms with Crippen molar-refractivity contribution in [1.29, 1.82) is 0 Å². The molecule has 154 valence electrons. The number of aryl methyl sites for hydroxylation is 1. The molecule has 0 N–H and O–H groups in total. The molecule has 10 heteroatoms. The Hall–Kier alpha value is -2.98. The number of nitrogens with zero attached hydrogens (tertiary/aromatic N) is 5. The standard InChI is InChI=1S/C20H19N5O3S2/c1-3-24-19(15-7-5-9-29-15)22-23-20(24)30-12-18(27)28-11-14-10-17(26)25-13(2)6-4-8-16(25)21-14/h4-10H,3,11-12H2,1-2H3. The molecule has 4 rings (SSSR count). The summed E-state index contributed by atoms with van der Waals surface area (Å²) in [4.78, 5) is 30.0. The van der Waals surface area contributed by atoms with E-state index in [1.54, 1.807) is 17.4 Å². The van der Waals surface area contributed by atoms with Gasteiger partial charge in [-0.3, -0.25) is 14.0 Å². The van der Waals surface area contributed by atoms with Crippen LogP contribution in [0.25, 0.3) is 16.3 Å². The van der Waals surface area contributed by atoms with E-state index in [1.807, 2.05) is 48.1 Å². The summed E-state index contributed by atoms with van der Waals surface area (Å²) in [6.45, 7) is 4.49. The lowest BCUT2D eigenvalue weighted by Crippen LogP contribution is -2.18. The number of carbonyl (C=O) groups excluding carboxylic acids is 1. The molecule has 0 amide bonds. The number of hydrogen-bond acceptors (Lipinski definition) is 8. The largest absolute Gasteiger partial charge is 0.459 e. The smallest absolute Gasteiger partial charge is 0.316 e. The molecule has 0 aliphatic rings. The maximum Gasteiger partial charge on any atom is 0.316 e. The average molecular weight is 442 g/mol. The molecule has 4 heterocycles. The maximum absolute atomic E-state index is 12.3. The summed E-state index contributed by atoms with van der Waals surface area (Å²) in [5.41, 5.74) is 1.54. The van der Waals surface area contributed by atoms with E-state index in [0.29, 0.717) is 23.0 Å². The Morgan fingerprint density at radius 3 is 2.87 bits per heavy atom. The molecule has 0 aliphatic heterocycles. The van der Waals surface area contributed by atoms with Crippen LogP contribution in [0.2, 0.25) is 0 Å². The minimum Gasteiger partial charge on any atom is -0.459 e. The molecular formula is C20H19N5O3S2. The second-order valence-corrected chi connectivity index (χ2v) is 8.31. The highest BCUT2D eigenvalue weighted by Gasteiger charge is 2.16. The van der Waals surface area contributed by atoms with E-state index in [1.165, 1.54) is 22.2 Å². The Morgan fingerprint density at radius 2 is 2.10 bits per heavy atom. The van der Waals surface area contributed by atoms with Gasteiger partial charge in [0, 0.05) is 18.3 Å². The average Bonchev–Trinajstić information content (AvgIpc) is 3.39. The number of fused-ring (bicyclic) bond motifs is 1. The number of hydrogen-bond donors (Lipinski definition) is 0. The first kappa shape index (κ1) is 20.3. The minimum absolute atomic E-state index is 0.0556. The number of aromatic nitrogens is 5. The van der Waals surface area contributed by atoms with Crippen LogP contribution in [0, 0.1) is 6.92 Å². The van der Waals surface area contributed by atoms with Crippen LogP contribution in [-0.2, 0) is 22.7 Å². The lowest BCUT2D eigenvalue weighted by molar-refractivity contribution is -0.141. The molecule has 0 atom stereocenters. The summed E-state index contributed by atoms with van der Waals surface area (Å²) in [6.07, 6.45) is 0. The lowest BCUT2D eigenvalue weighted by atomic mass is 10.3. The van der Waals surface area contributed by atoms with E-state index in [-0.39, 0.29) is 17.9 Å². The molecule has 30 heavy (non-hydrogen) atoms. The highest BCUT2D eigenvalue weighted by atomic mass is 32.2. The monoisotopic (exact) mass is 441 g/mol.